The first-order chi connectivity index (χ1) is 15.2. The molecule has 2 aromatic rings. The number of nitrogens with one attached hydrogen (secondary N) is 1. The molecule has 4 rings (SSSR count). The normalized spacial score (nSPS) is 21.3. The van der Waals surface area contributed by atoms with E-state index in [1.165, 1.54) is 4.90 Å². The van der Waals surface area contributed by atoms with Crippen molar-refractivity contribution in [3.8, 4) is 0 Å². The van der Waals surface area contributed by atoms with Gasteiger partial charge in [-0.3, -0.25) is 9.59 Å². The maximum atomic E-state index is 14.0. The standard InChI is InChI=1S/C22H23F2N3O4S/c1-14-12-17(14)21(28)25-16-5-2-4-15(13-16)22(29)26-8-10-27(11-9-26)32(30,31)20-18(23)6-3-7-19(20)24/h2-7,13-14,17H,8-12H2,1H3,(H,25,28). The highest BCUT2D eigenvalue weighted by molar-refractivity contribution is 7.89. The summed E-state index contributed by atoms with van der Waals surface area (Å²) in [5.41, 5.74) is 0.888. The number of hydrogen-bond acceptors (Lipinski definition) is 4. The Kier molecular flexibility index (Phi) is 6.00. The van der Waals surface area contributed by atoms with Gasteiger partial charge in [-0.1, -0.05) is 19.1 Å². The second-order valence-electron chi connectivity index (χ2n) is 8.14. The molecular weight excluding hydrogens is 440 g/mol. The summed E-state index contributed by atoms with van der Waals surface area (Å²) in [6.45, 7) is 1.98. The molecule has 2 unspecified atom stereocenters. The summed E-state index contributed by atoms with van der Waals surface area (Å²) in [7, 11) is -4.37. The van der Waals surface area contributed by atoms with Crippen molar-refractivity contribution in [3.63, 3.8) is 0 Å². The lowest BCUT2D eigenvalue weighted by atomic mass is 10.1. The van der Waals surface area contributed by atoms with Crippen molar-refractivity contribution >= 4 is 27.5 Å². The summed E-state index contributed by atoms with van der Waals surface area (Å²) in [5, 5.41) is 2.82. The molecule has 32 heavy (non-hydrogen) atoms. The fourth-order valence-electron chi connectivity index (χ4n) is 3.82. The van der Waals surface area contributed by atoms with E-state index in [4.69, 9.17) is 0 Å². The molecule has 0 bridgehead atoms. The van der Waals surface area contributed by atoms with Gasteiger partial charge in [-0.2, -0.15) is 4.31 Å². The molecule has 7 nitrogen and oxygen atoms in total. The van der Waals surface area contributed by atoms with Crippen LogP contribution in [0.1, 0.15) is 23.7 Å². The monoisotopic (exact) mass is 463 g/mol. The SMILES string of the molecule is CC1CC1C(=O)Nc1cccc(C(=O)N2CCN(S(=O)(=O)c3c(F)cccc3F)CC2)c1. The highest BCUT2D eigenvalue weighted by atomic mass is 32.2. The minimum atomic E-state index is -4.37. The molecule has 10 heteroatoms. The van der Waals surface area contributed by atoms with Gasteiger partial charge >= 0.3 is 0 Å². The Bertz CT molecular complexity index is 1140. The fraction of sp³-hybridized carbons (Fsp3) is 0.364. The van der Waals surface area contributed by atoms with Gasteiger partial charge in [0.15, 0.2) is 4.90 Å². The van der Waals surface area contributed by atoms with Crippen LogP contribution in [0.4, 0.5) is 14.5 Å². The second kappa shape index (κ2) is 8.59. The summed E-state index contributed by atoms with van der Waals surface area (Å²) < 4.78 is 54.4. The largest absolute Gasteiger partial charge is 0.336 e. The molecule has 1 heterocycles. The van der Waals surface area contributed by atoms with Crippen molar-refractivity contribution in [2.45, 2.75) is 18.2 Å². The van der Waals surface area contributed by atoms with Crippen LogP contribution in [0.5, 0.6) is 0 Å². The average Bonchev–Trinajstić information content (AvgIpc) is 3.50. The molecule has 2 aliphatic rings. The zero-order valence-electron chi connectivity index (χ0n) is 17.4. The number of amides is 2. The molecule has 2 atom stereocenters. The molecular formula is C22H23F2N3O4S. The van der Waals surface area contributed by atoms with Crippen LogP contribution in [-0.2, 0) is 14.8 Å². The van der Waals surface area contributed by atoms with Gasteiger partial charge in [0.05, 0.1) is 0 Å². The zero-order chi connectivity index (χ0) is 23.0. The van der Waals surface area contributed by atoms with E-state index >= 15 is 0 Å². The van der Waals surface area contributed by atoms with Gasteiger partial charge in [0.2, 0.25) is 15.9 Å². The van der Waals surface area contributed by atoms with E-state index in [1.54, 1.807) is 24.3 Å². The number of carbonyl (C=O) groups is 2. The van der Waals surface area contributed by atoms with E-state index in [2.05, 4.69) is 5.32 Å². The Morgan fingerprint density at radius 3 is 2.19 bits per heavy atom. The van der Waals surface area contributed by atoms with E-state index < -0.39 is 26.6 Å². The van der Waals surface area contributed by atoms with Gasteiger partial charge in [-0.25, -0.2) is 17.2 Å². The van der Waals surface area contributed by atoms with E-state index in [0.717, 1.165) is 28.9 Å². The van der Waals surface area contributed by atoms with Crippen LogP contribution < -0.4 is 5.32 Å². The quantitative estimate of drug-likeness (QED) is 0.739. The van der Waals surface area contributed by atoms with Gasteiger partial charge in [0, 0.05) is 43.3 Å². The maximum Gasteiger partial charge on any atom is 0.254 e. The van der Waals surface area contributed by atoms with Crippen molar-refractivity contribution < 1.29 is 26.8 Å². The number of hydrogen-bond donors (Lipinski definition) is 1. The number of halogens is 2. The lowest BCUT2D eigenvalue weighted by molar-refractivity contribution is -0.117. The van der Waals surface area contributed by atoms with Crippen LogP contribution in [0.25, 0.3) is 0 Å². The topological polar surface area (TPSA) is 86.8 Å². The van der Waals surface area contributed by atoms with Gasteiger partial charge in [0.25, 0.3) is 5.91 Å². The van der Waals surface area contributed by atoms with Gasteiger partial charge < -0.3 is 10.2 Å². The van der Waals surface area contributed by atoms with Gasteiger partial charge in [0.1, 0.15) is 11.6 Å². The summed E-state index contributed by atoms with van der Waals surface area (Å²) in [6, 6.07) is 9.47. The van der Waals surface area contributed by atoms with E-state index in [9.17, 15) is 26.8 Å². The molecule has 1 aliphatic heterocycles. The first-order valence-corrected chi connectivity index (χ1v) is 11.8. The van der Waals surface area contributed by atoms with Gasteiger partial charge in [-0.15, -0.1) is 0 Å². The Balaban J connectivity index is 1.42. The highest BCUT2D eigenvalue weighted by Crippen LogP contribution is 2.38. The number of anilines is 1. The van der Waals surface area contributed by atoms with Gasteiger partial charge in [-0.05, 0) is 42.7 Å². The van der Waals surface area contributed by atoms with Crippen LogP contribution in [0.2, 0.25) is 0 Å². The van der Waals surface area contributed by atoms with Crippen molar-refractivity contribution in [1.29, 1.82) is 0 Å². The highest BCUT2D eigenvalue weighted by Gasteiger charge is 2.39. The summed E-state index contributed by atoms with van der Waals surface area (Å²) in [5.74, 6) is -2.31. The molecule has 1 saturated heterocycles. The summed E-state index contributed by atoms with van der Waals surface area (Å²) >= 11 is 0. The lowest BCUT2D eigenvalue weighted by Crippen LogP contribution is -2.50. The molecule has 0 spiro atoms. The Hall–Kier alpha value is -2.85. The maximum absolute atomic E-state index is 14.0. The molecule has 170 valence electrons. The van der Waals surface area contributed by atoms with Crippen LogP contribution in [0, 0.1) is 23.5 Å². The van der Waals surface area contributed by atoms with E-state index in [0.29, 0.717) is 17.2 Å². The van der Waals surface area contributed by atoms with Crippen LogP contribution >= 0.6 is 0 Å². The lowest BCUT2D eigenvalue weighted by Gasteiger charge is -2.34. The third-order valence-corrected chi connectivity index (χ3v) is 7.82. The summed E-state index contributed by atoms with van der Waals surface area (Å²) in [4.78, 5) is 25.5. The van der Waals surface area contributed by atoms with Crippen molar-refractivity contribution in [1.82, 2.24) is 9.21 Å². The molecule has 1 saturated carbocycles. The third-order valence-electron chi connectivity index (χ3n) is 5.87. The molecule has 2 fully saturated rings. The minimum Gasteiger partial charge on any atom is -0.336 e. The molecule has 1 aliphatic carbocycles. The second-order valence-corrected chi connectivity index (χ2v) is 10.0. The van der Waals surface area contributed by atoms with E-state index in [1.807, 2.05) is 6.92 Å². The Morgan fingerprint density at radius 1 is 1.00 bits per heavy atom. The fourth-order valence-corrected chi connectivity index (χ4v) is 5.36. The predicted molar refractivity (Wildman–Crippen MR) is 113 cm³/mol. The first kappa shape index (κ1) is 22.3. The Morgan fingerprint density at radius 2 is 1.59 bits per heavy atom. The van der Waals surface area contributed by atoms with Crippen LogP contribution in [0.3, 0.4) is 0 Å². The number of rotatable bonds is 5. The number of piperazine rings is 1. The predicted octanol–water partition coefficient (Wildman–Crippen LogP) is 2.71. The molecule has 0 radical (unpaired) electrons. The average molecular weight is 464 g/mol. The molecule has 2 amide bonds. The Labute approximate surface area is 185 Å². The third kappa shape index (κ3) is 4.37. The number of benzene rings is 2. The minimum absolute atomic E-state index is 0.00340. The first-order valence-electron chi connectivity index (χ1n) is 10.3. The zero-order valence-corrected chi connectivity index (χ0v) is 18.2. The molecule has 0 aromatic heterocycles. The van der Waals surface area contributed by atoms with Crippen molar-refractivity contribution in [2.75, 3.05) is 31.5 Å². The van der Waals surface area contributed by atoms with Crippen molar-refractivity contribution in [3.05, 3.63) is 59.7 Å². The summed E-state index contributed by atoms with van der Waals surface area (Å²) in [6.07, 6.45) is 0.856. The van der Waals surface area contributed by atoms with Crippen LogP contribution in [0.15, 0.2) is 47.4 Å². The smallest absolute Gasteiger partial charge is 0.254 e. The number of nitrogens with zero attached hydrogens (tertiary/aromatic N) is 2. The van der Waals surface area contributed by atoms with Crippen LogP contribution in [-0.4, -0.2) is 55.6 Å². The van der Waals surface area contributed by atoms with E-state index in [-0.39, 0.29) is 43.9 Å². The molecule has 1 N–H and O–H groups in total. The molecule has 2 aromatic carbocycles. The van der Waals surface area contributed by atoms with Crippen molar-refractivity contribution in [2.24, 2.45) is 11.8 Å². The number of sulfonamides is 1. The number of carbonyl (C=O) groups excluding carboxylic acids is 2.